The average molecular weight is 315 g/mol. The van der Waals surface area contributed by atoms with Gasteiger partial charge in [-0.3, -0.25) is 4.99 Å². The molecule has 1 aliphatic rings. The van der Waals surface area contributed by atoms with E-state index in [-0.39, 0.29) is 10.8 Å². The number of rotatable bonds is 3. The van der Waals surface area contributed by atoms with E-state index in [1.807, 2.05) is 0 Å². The van der Waals surface area contributed by atoms with Crippen LogP contribution in [0.1, 0.15) is 32.8 Å². The smallest absolute Gasteiger partial charge is 0.157 e. The summed E-state index contributed by atoms with van der Waals surface area (Å²) in [7, 11) is 0. The van der Waals surface area contributed by atoms with E-state index in [2.05, 4.69) is 31.1 Å². The fourth-order valence-corrected chi connectivity index (χ4v) is 3.69. The minimum absolute atomic E-state index is 0.163. The number of hydrogen-bond acceptors (Lipinski definition) is 3. The molecule has 0 radical (unpaired) electrons. The summed E-state index contributed by atoms with van der Waals surface area (Å²) in [6, 6.07) is 4.78. The Bertz CT molecular complexity index is 511. The Morgan fingerprint density at radius 1 is 1.45 bits per heavy atom. The molecule has 1 unspecified atom stereocenters. The lowest BCUT2D eigenvalue weighted by Gasteiger charge is -2.21. The second-order valence-electron chi connectivity index (χ2n) is 6.25. The van der Waals surface area contributed by atoms with Crippen molar-refractivity contribution in [1.82, 2.24) is 5.32 Å². The first-order valence-corrected chi connectivity index (χ1v) is 7.98. The Hall–Kier alpha value is -0.740. The highest BCUT2D eigenvalue weighted by atomic mass is 35.5. The Balaban J connectivity index is 1.82. The Morgan fingerprint density at radius 3 is 2.85 bits per heavy atom. The van der Waals surface area contributed by atoms with Crippen LogP contribution in [0.3, 0.4) is 0 Å². The summed E-state index contributed by atoms with van der Waals surface area (Å²) < 4.78 is 13.1. The molecule has 0 amide bonds. The van der Waals surface area contributed by atoms with Crippen LogP contribution in [0.25, 0.3) is 0 Å². The molecule has 0 saturated heterocycles. The molecular weight excluding hydrogens is 295 g/mol. The van der Waals surface area contributed by atoms with Crippen LogP contribution < -0.4 is 5.32 Å². The van der Waals surface area contributed by atoms with Crippen molar-refractivity contribution in [2.24, 2.45) is 10.4 Å². The van der Waals surface area contributed by atoms with Gasteiger partial charge in [0.15, 0.2) is 5.17 Å². The number of halogens is 2. The minimum atomic E-state index is -0.381. The van der Waals surface area contributed by atoms with Gasteiger partial charge in [0.2, 0.25) is 0 Å². The van der Waals surface area contributed by atoms with Crippen LogP contribution in [0.2, 0.25) is 5.02 Å². The highest BCUT2D eigenvalue weighted by molar-refractivity contribution is 8.14. The lowest BCUT2D eigenvalue weighted by molar-refractivity contribution is 0.375. The molecule has 1 aromatic rings. The summed E-state index contributed by atoms with van der Waals surface area (Å²) in [5.74, 6) is -0.381. The van der Waals surface area contributed by atoms with Crippen LogP contribution in [-0.4, -0.2) is 17.0 Å². The Morgan fingerprint density at radius 2 is 2.20 bits per heavy atom. The maximum atomic E-state index is 13.1. The maximum absolute atomic E-state index is 13.1. The standard InChI is InChI=1S/C15H20ClFN2S/c1-15(2,3)7-11-9-19-14(20-11)18-8-10-4-5-13(17)12(16)6-10/h4-6,11H,7-9H2,1-3H3,(H,18,19). The third-order valence-corrected chi connectivity index (χ3v) is 4.42. The molecule has 20 heavy (non-hydrogen) atoms. The molecule has 0 bridgehead atoms. The number of nitrogens with one attached hydrogen (secondary N) is 1. The average Bonchev–Trinajstić information content (AvgIpc) is 2.76. The van der Waals surface area contributed by atoms with Crippen molar-refractivity contribution >= 4 is 28.5 Å². The summed E-state index contributed by atoms with van der Waals surface area (Å²) in [5, 5.41) is 4.98. The van der Waals surface area contributed by atoms with E-state index in [0.29, 0.717) is 17.2 Å². The number of nitrogens with zero attached hydrogens (tertiary/aromatic N) is 1. The van der Waals surface area contributed by atoms with E-state index in [9.17, 15) is 4.39 Å². The number of benzene rings is 1. The topological polar surface area (TPSA) is 24.4 Å². The first-order chi connectivity index (χ1) is 9.33. The summed E-state index contributed by atoms with van der Waals surface area (Å²) in [5.41, 5.74) is 1.28. The zero-order chi connectivity index (χ0) is 14.8. The molecule has 0 fully saturated rings. The molecule has 0 saturated carbocycles. The van der Waals surface area contributed by atoms with Crippen molar-refractivity contribution < 1.29 is 4.39 Å². The summed E-state index contributed by atoms with van der Waals surface area (Å²) >= 11 is 7.56. The van der Waals surface area contributed by atoms with Gasteiger partial charge in [0.05, 0.1) is 11.6 Å². The zero-order valence-electron chi connectivity index (χ0n) is 12.0. The highest BCUT2D eigenvalue weighted by Crippen LogP contribution is 2.31. The molecule has 0 spiro atoms. The molecule has 1 N–H and O–H groups in total. The van der Waals surface area contributed by atoms with Gasteiger partial charge in [-0.25, -0.2) is 4.39 Å². The second-order valence-corrected chi connectivity index (χ2v) is 7.95. The lowest BCUT2D eigenvalue weighted by Crippen LogP contribution is -2.20. The molecule has 1 aromatic carbocycles. The van der Waals surface area contributed by atoms with Crippen LogP contribution in [-0.2, 0) is 6.54 Å². The van der Waals surface area contributed by atoms with Crippen LogP contribution in [0, 0.1) is 11.2 Å². The van der Waals surface area contributed by atoms with Crippen molar-refractivity contribution in [3.05, 3.63) is 34.6 Å². The fourth-order valence-electron chi connectivity index (χ4n) is 2.13. The van der Waals surface area contributed by atoms with Gasteiger partial charge in [-0.05, 0) is 29.5 Å². The number of hydrogen-bond donors (Lipinski definition) is 1. The van der Waals surface area contributed by atoms with Gasteiger partial charge in [0.25, 0.3) is 0 Å². The van der Waals surface area contributed by atoms with Crippen LogP contribution in [0.15, 0.2) is 23.2 Å². The second kappa shape index (κ2) is 6.35. The molecule has 1 aliphatic heterocycles. The van der Waals surface area contributed by atoms with Crippen LogP contribution in [0.4, 0.5) is 4.39 Å². The van der Waals surface area contributed by atoms with E-state index in [1.165, 1.54) is 6.07 Å². The molecule has 5 heteroatoms. The van der Waals surface area contributed by atoms with Gasteiger partial charge in [0.1, 0.15) is 5.82 Å². The molecule has 2 rings (SSSR count). The molecule has 0 aromatic heterocycles. The van der Waals surface area contributed by atoms with Crippen LogP contribution >= 0.6 is 23.4 Å². The number of thioether (sulfide) groups is 1. The van der Waals surface area contributed by atoms with Crippen molar-refractivity contribution in [2.45, 2.75) is 39.0 Å². The highest BCUT2D eigenvalue weighted by Gasteiger charge is 2.24. The first kappa shape index (κ1) is 15.6. The molecule has 0 aliphatic carbocycles. The molecule has 2 nitrogen and oxygen atoms in total. The van der Waals surface area contributed by atoms with Gasteiger partial charge < -0.3 is 5.32 Å². The van der Waals surface area contributed by atoms with Crippen molar-refractivity contribution in [3.8, 4) is 0 Å². The van der Waals surface area contributed by atoms with Crippen molar-refractivity contribution in [1.29, 1.82) is 0 Å². The first-order valence-electron chi connectivity index (χ1n) is 6.72. The maximum Gasteiger partial charge on any atom is 0.157 e. The molecular formula is C15H20ClFN2S. The fraction of sp³-hybridized carbons (Fsp3) is 0.533. The summed E-state index contributed by atoms with van der Waals surface area (Å²) in [6.07, 6.45) is 1.15. The van der Waals surface area contributed by atoms with Gasteiger partial charge in [0, 0.05) is 11.8 Å². The quantitative estimate of drug-likeness (QED) is 0.889. The van der Waals surface area contributed by atoms with Crippen LogP contribution in [0.5, 0.6) is 0 Å². The Labute approximate surface area is 129 Å². The van der Waals surface area contributed by atoms with Gasteiger partial charge >= 0.3 is 0 Å². The molecule has 1 heterocycles. The van der Waals surface area contributed by atoms with E-state index in [0.717, 1.165) is 23.7 Å². The van der Waals surface area contributed by atoms with Crippen molar-refractivity contribution in [2.75, 3.05) is 6.54 Å². The zero-order valence-corrected chi connectivity index (χ0v) is 13.6. The third kappa shape index (κ3) is 4.67. The van der Waals surface area contributed by atoms with E-state index < -0.39 is 0 Å². The minimum Gasteiger partial charge on any atom is -0.361 e. The predicted octanol–water partition coefficient (Wildman–Crippen LogP) is 4.48. The SMILES string of the molecule is CC(C)(C)CC1CN=C(NCc2ccc(F)c(Cl)c2)S1. The van der Waals surface area contributed by atoms with Gasteiger partial charge in [-0.2, -0.15) is 0 Å². The van der Waals surface area contributed by atoms with Crippen molar-refractivity contribution in [3.63, 3.8) is 0 Å². The Kier molecular flexibility index (Phi) is 4.97. The summed E-state index contributed by atoms with van der Waals surface area (Å²) in [4.78, 5) is 4.52. The van der Waals surface area contributed by atoms with Gasteiger partial charge in [-0.1, -0.05) is 50.2 Å². The van der Waals surface area contributed by atoms with E-state index >= 15 is 0 Å². The normalized spacial score (nSPS) is 19.1. The predicted molar refractivity (Wildman–Crippen MR) is 86.0 cm³/mol. The number of amidine groups is 1. The van der Waals surface area contributed by atoms with E-state index in [1.54, 1.807) is 23.9 Å². The largest absolute Gasteiger partial charge is 0.361 e. The monoisotopic (exact) mass is 314 g/mol. The molecule has 110 valence electrons. The molecule has 1 atom stereocenters. The number of aliphatic imine (C=N–C) groups is 1. The third-order valence-electron chi connectivity index (χ3n) is 2.98. The summed E-state index contributed by atoms with van der Waals surface area (Å²) in [6.45, 7) is 8.24. The van der Waals surface area contributed by atoms with Gasteiger partial charge in [-0.15, -0.1) is 0 Å². The van der Waals surface area contributed by atoms with E-state index in [4.69, 9.17) is 11.6 Å². The lowest BCUT2D eigenvalue weighted by atomic mass is 9.90.